The Labute approximate surface area is 234 Å². The number of hydroxylamine groups is 1. The molecule has 0 aromatic heterocycles. The molecule has 0 aromatic rings. The van der Waals surface area contributed by atoms with E-state index in [1.54, 1.807) is 13.8 Å². The van der Waals surface area contributed by atoms with Crippen LogP contribution >= 0.6 is 19.4 Å². The van der Waals surface area contributed by atoms with Gasteiger partial charge in [-0.15, -0.1) is 0 Å². The second kappa shape index (κ2) is 14.6. The molecule has 39 heavy (non-hydrogen) atoms. The Morgan fingerprint density at radius 1 is 1.18 bits per heavy atom. The van der Waals surface area contributed by atoms with Gasteiger partial charge in [0.25, 0.3) is 5.28 Å². The monoisotopic (exact) mass is 591 g/mol. The van der Waals surface area contributed by atoms with E-state index in [4.69, 9.17) is 13.8 Å². The molecule has 0 bridgehead atoms. The third-order valence-corrected chi connectivity index (χ3v) is 11.7. The predicted octanol–water partition coefficient (Wildman–Crippen LogP) is 2.53. The Balaban J connectivity index is 1.26. The molecule has 13 nitrogen and oxygen atoms in total. The number of thioether (sulfide) groups is 1. The number of nitrogens with one attached hydrogen (secondary N) is 4. The Morgan fingerprint density at radius 3 is 2.62 bits per heavy atom. The maximum atomic E-state index is 13.4. The van der Waals surface area contributed by atoms with Gasteiger partial charge in [-0.1, -0.05) is 6.42 Å². The molecule has 3 rings (SSSR count). The average Bonchev–Trinajstić information content (AvgIpc) is 3.54. The Kier molecular flexibility index (Phi) is 11.8. The summed E-state index contributed by atoms with van der Waals surface area (Å²) in [5.74, 6) is 0.334. The van der Waals surface area contributed by atoms with E-state index < -0.39 is 24.9 Å². The normalized spacial score (nSPS) is 27.9. The van der Waals surface area contributed by atoms with E-state index in [-0.39, 0.29) is 50.3 Å². The molecule has 3 aliphatic rings. The van der Waals surface area contributed by atoms with E-state index in [1.807, 2.05) is 11.8 Å². The number of urea groups is 1. The highest BCUT2D eigenvalue weighted by Crippen LogP contribution is 2.64. The fourth-order valence-corrected chi connectivity index (χ4v) is 8.89. The van der Waals surface area contributed by atoms with Gasteiger partial charge in [0.15, 0.2) is 6.21 Å². The molecule has 15 heteroatoms. The van der Waals surface area contributed by atoms with Gasteiger partial charge in [0.2, 0.25) is 5.91 Å². The first kappa shape index (κ1) is 31.5. The summed E-state index contributed by atoms with van der Waals surface area (Å²) in [6.07, 6.45) is 4.62. The zero-order valence-electron chi connectivity index (χ0n) is 22.9. The minimum Gasteiger partial charge on any atom is -0.623 e. The molecule has 5 atom stereocenters. The molecule has 0 aliphatic carbocycles. The minimum atomic E-state index is -3.80. The van der Waals surface area contributed by atoms with Gasteiger partial charge >= 0.3 is 19.7 Å². The van der Waals surface area contributed by atoms with Crippen molar-refractivity contribution in [3.05, 3.63) is 5.21 Å². The van der Waals surface area contributed by atoms with Crippen molar-refractivity contribution in [3.63, 3.8) is 0 Å². The maximum Gasteiger partial charge on any atom is 0.407 e. The fourth-order valence-electron chi connectivity index (χ4n) is 5.12. The van der Waals surface area contributed by atoms with Gasteiger partial charge in [-0.3, -0.25) is 9.36 Å². The van der Waals surface area contributed by atoms with Gasteiger partial charge in [-0.25, -0.2) is 9.59 Å². The molecule has 0 radical (unpaired) electrons. The van der Waals surface area contributed by atoms with Gasteiger partial charge in [-0.05, 0) is 33.1 Å². The van der Waals surface area contributed by atoms with E-state index in [0.717, 1.165) is 25.0 Å². The van der Waals surface area contributed by atoms with Crippen molar-refractivity contribution in [3.8, 4) is 0 Å². The maximum absolute atomic E-state index is 13.4. The molecule has 2 unspecified atom stereocenters. The highest BCUT2D eigenvalue weighted by molar-refractivity contribution is 8.00. The van der Waals surface area contributed by atoms with Crippen molar-refractivity contribution in [2.75, 3.05) is 38.7 Å². The summed E-state index contributed by atoms with van der Waals surface area (Å²) in [7, 11) is -3.80. The molecule has 3 heterocycles. The van der Waals surface area contributed by atoms with E-state index in [9.17, 15) is 24.2 Å². The van der Waals surface area contributed by atoms with E-state index in [0.29, 0.717) is 35.9 Å². The average molecular weight is 592 g/mol. The molecule has 4 N–H and O–H groups in total. The van der Waals surface area contributed by atoms with Crippen molar-refractivity contribution >= 4 is 43.6 Å². The van der Waals surface area contributed by atoms with Crippen LogP contribution in [0, 0.1) is 11.1 Å². The highest BCUT2D eigenvalue weighted by atomic mass is 32.2. The zero-order chi connectivity index (χ0) is 28.5. The van der Waals surface area contributed by atoms with Gasteiger partial charge in [0.1, 0.15) is 6.61 Å². The molecule has 0 spiro atoms. The summed E-state index contributed by atoms with van der Waals surface area (Å²) in [6.45, 7) is 5.69. The van der Waals surface area contributed by atoms with Gasteiger partial charge in [-0.2, -0.15) is 16.5 Å². The Hall–Kier alpha value is -2.02. The number of carbonyl (C=O) groups is 3. The van der Waals surface area contributed by atoms with Gasteiger partial charge < -0.3 is 40.3 Å². The van der Waals surface area contributed by atoms with E-state index >= 15 is 0 Å². The van der Waals surface area contributed by atoms with Crippen molar-refractivity contribution in [1.29, 1.82) is 0 Å². The standard InChI is InChI=1S/C24H42N5O8PS/c1-4-36-38(34,37-5-2)24(3)17(11-14-29(24)33)15-35-23(32)26-13-8-12-25-20(30)10-7-6-9-19-21-18(16-39-19)27-22(31)28-21/h14,17-19,21H,4-13,15-16H2,1-3H3,(H,25,30)(H,26,32)(H2,27,28,31)/t17-,18?,19+,21?,24+/m0/s1. The lowest BCUT2D eigenvalue weighted by molar-refractivity contribution is -0.515. The summed E-state index contributed by atoms with van der Waals surface area (Å²) in [6, 6.07) is 0.311. The lowest BCUT2D eigenvalue weighted by Crippen LogP contribution is -2.43. The SMILES string of the molecule is CCOP(=O)(OCC)[C@]1(C)[C@H](COC(=O)NCCCNC(=O)CCCC[C@H]2SCC3NC(=O)NC32)CC=[N+]1[O-]. The lowest BCUT2D eigenvalue weighted by atomic mass is 10.0. The number of carbonyl (C=O) groups excluding carboxylic acids is 3. The molecular weight excluding hydrogens is 549 g/mol. The second-order valence-electron chi connectivity index (χ2n) is 9.96. The van der Waals surface area contributed by atoms with Gasteiger partial charge in [0.05, 0.1) is 31.2 Å². The highest BCUT2D eigenvalue weighted by Gasteiger charge is 2.63. The molecule has 3 aliphatic heterocycles. The van der Waals surface area contributed by atoms with Crippen LogP contribution in [-0.4, -0.2) is 90.3 Å². The number of hydrogen-bond donors (Lipinski definition) is 4. The zero-order valence-corrected chi connectivity index (χ0v) is 24.7. The molecule has 0 aromatic carbocycles. The molecular formula is C24H42N5O8PS. The van der Waals surface area contributed by atoms with Crippen LogP contribution in [0.25, 0.3) is 0 Å². The molecule has 0 saturated carbocycles. The number of fused-ring (bicyclic) bond motifs is 1. The number of rotatable bonds is 16. The number of unbranched alkanes of at least 4 members (excludes halogenated alkanes) is 1. The molecule has 222 valence electrons. The Bertz CT molecular complexity index is 945. The summed E-state index contributed by atoms with van der Waals surface area (Å²) in [4.78, 5) is 35.7. The van der Waals surface area contributed by atoms with Crippen LogP contribution in [0.3, 0.4) is 0 Å². The van der Waals surface area contributed by atoms with Gasteiger partial charge in [0, 0.05) is 43.9 Å². The molecule has 2 saturated heterocycles. The molecule has 2 fully saturated rings. The minimum absolute atomic E-state index is 0.0303. The quantitative estimate of drug-likeness (QED) is 0.0692. The van der Waals surface area contributed by atoms with E-state index in [1.165, 1.54) is 13.1 Å². The first-order valence-electron chi connectivity index (χ1n) is 13.7. The third-order valence-electron chi connectivity index (χ3n) is 7.37. The van der Waals surface area contributed by atoms with Crippen LogP contribution in [0.5, 0.6) is 0 Å². The third kappa shape index (κ3) is 7.80. The first-order chi connectivity index (χ1) is 18.6. The Morgan fingerprint density at radius 2 is 1.90 bits per heavy atom. The largest absolute Gasteiger partial charge is 0.623 e. The second-order valence-corrected chi connectivity index (χ2v) is 13.7. The van der Waals surface area contributed by atoms with Crippen LogP contribution in [0.4, 0.5) is 9.59 Å². The number of ether oxygens (including phenoxy) is 1. The lowest BCUT2D eigenvalue weighted by Gasteiger charge is -2.34. The number of alkyl carbamates (subject to hydrolysis) is 1. The number of nitrogens with zero attached hydrogens (tertiary/aromatic N) is 1. The summed E-state index contributed by atoms with van der Waals surface area (Å²) >= 11 is 1.87. The first-order valence-corrected chi connectivity index (χ1v) is 16.3. The van der Waals surface area contributed by atoms with Crippen LogP contribution in [0.1, 0.15) is 59.3 Å². The summed E-state index contributed by atoms with van der Waals surface area (Å²) in [5.41, 5.74) is 0. The van der Waals surface area contributed by atoms with E-state index in [2.05, 4.69) is 21.3 Å². The van der Waals surface area contributed by atoms with Crippen LogP contribution in [-0.2, 0) is 23.1 Å². The predicted molar refractivity (Wildman–Crippen MR) is 148 cm³/mol. The molecule has 4 amide bonds. The topological polar surface area (TPSA) is 170 Å². The van der Waals surface area contributed by atoms with Crippen molar-refractivity contribution < 1.29 is 37.5 Å². The van der Waals surface area contributed by atoms with Crippen LogP contribution in [0.15, 0.2) is 0 Å². The van der Waals surface area contributed by atoms with Crippen molar-refractivity contribution in [2.45, 2.75) is 81.9 Å². The number of amides is 4. The summed E-state index contributed by atoms with van der Waals surface area (Å²) < 4.78 is 30.1. The smallest absolute Gasteiger partial charge is 0.407 e. The van der Waals surface area contributed by atoms with Crippen molar-refractivity contribution in [2.24, 2.45) is 5.92 Å². The van der Waals surface area contributed by atoms with Crippen LogP contribution in [0.2, 0.25) is 0 Å². The summed E-state index contributed by atoms with van der Waals surface area (Å²) in [5, 5.41) is 22.9. The van der Waals surface area contributed by atoms with Crippen molar-refractivity contribution in [1.82, 2.24) is 21.3 Å². The number of hydrogen-bond acceptors (Lipinski definition) is 9. The fraction of sp³-hybridized carbons (Fsp3) is 0.833. The van der Waals surface area contributed by atoms with Crippen LogP contribution < -0.4 is 21.3 Å².